The van der Waals surface area contributed by atoms with Crippen LogP contribution in [0.25, 0.3) is 0 Å². The van der Waals surface area contributed by atoms with E-state index in [0.717, 1.165) is 0 Å². The van der Waals surface area contributed by atoms with Gasteiger partial charge in [0.25, 0.3) is 0 Å². The van der Waals surface area contributed by atoms with Crippen LogP contribution in [0, 0.1) is 11.3 Å². The second-order valence-electron chi connectivity index (χ2n) is 4.36. The molecule has 6 heteroatoms. The van der Waals surface area contributed by atoms with Gasteiger partial charge in [-0.1, -0.05) is 0 Å². The first-order valence-electron chi connectivity index (χ1n) is 5.08. The van der Waals surface area contributed by atoms with Crippen molar-refractivity contribution in [2.24, 2.45) is 0 Å². The number of ether oxygens (including phenoxy) is 1. The molecule has 0 saturated heterocycles. The summed E-state index contributed by atoms with van der Waals surface area (Å²) in [7, 11) is 0. The first-order chi connectivity index (χ1) is 7.90. The Balaban J connectivity index is 2.45. The molecule has 1 heterocycles. The van der Waals surface area contributed by atoms with Gasteiger partial charge in [0, 0.05) is 12.4 Å². The molecule has 0 aliphatic heterocycles. The molecule has 1 aromatic rings. The maximum atomic E-state index is 11.3. The molecule has 0 aliphatic rings. The lowest BCUT2D eigenvalue weighted by molar-refractivity contribution is 0.0522. The fraction of sp³-hybridized carbons (Fsp3) is 0.455. The molecule has 0 atom stereocenters. The highest BCUT2D eigenvalue weighted by Gasteiger charge is 2.15. The van der Waals surface area contributed by atoms with E-state index >= 15 is 0 Å². The molecule has 1 aromatic heterocycles. The second kappa shape index (κ2) is 5.25. The third kappa shape index (κ3) is 4.93. The fourth-order valence-electron chi connectivity index (χ4n) is 0.969. The monoisotopic (exact) mass is 234 g/mol. The van der Waals surface area contributed by atoms with Crippen LogP contribution in [0.1, 0.15) is 32.2 Å². The minimum absolute atomic E-state index is 0.167. The zero-order valence-electron chi connectivity index (χ0n) is 10.0. The Kier molecular flexibility index (Phi) is 3.99. The number of aromatic nitrogens is 2. The molecule has 0 fully saturated rings. The smallest absolute Gasteiger partial charge is 0.408 e. The SMILES string of the molecule is CC(C)(C)OC(=O)NCc1ncc(C#N)cn1. The highest BCUT2D eigenvalue weighted by Crippen LogP contribution is 2.06. The quantitative estimate of drug-likeness (QED) is 0.835. The Bertz CT molecular complexity index is 428. The molecule has 0 unspecified atom stereocenters. The minimum atomic E-state index is -0.532. The van der Waals surface area contributed by atoms with Crippen LogP contribution in [0.2, 0.25) is 0 Å². The number of nitrogens with zero attached hydrogens (tertiary/aromatic N) is 3. The number of alkyl carbamates (subject to hydrolysis) is 1. The largest absolute Gasteiger partial charge is 0.444 e. The number of amides is 1. The van der Waals surface area contributed by atoms with Crippen molar-refractivity contribution < 1.29 is 9.53 Å². The van der Waals surface area contributed by atoms with Gasteiger partial charge in [0.15, 0.2) is 0 Å². The van der Waals surface area contributed by atoms with Crippen molar-refractivity contribution in [1.82, 2.24) is 15.3 Å². The van der Waals surface area contributed by atoms with Gasteiger partial charge in [0.05, 0.1) is 12.1 Å². The normalized spacial score (nSPS) is 10.5. The van der Waals surface area contributed by atoms with Gasteiger partial charge in [0.1, 0.15) is 17.5 Å². The summed E-state index contributed by atoms with van der Waals surface area (Å²) in [6.45, 7) is 5.51. The number of nitriles is 1. The van der Waals surface area contributed by atoms with Crippen molar-refractivity contribution in [1.29, 1.82) is 5.26 Å². The lowest BCUT2D eigenvalue weighted by atomic mass is 10.2. The molecule has 6 nitrogen and oxygen atoms in total. The molecule has 0 spiro atoms. The Morgan fingerprint density at radius 3 is 2.53 bits per heavy atom. The lowest BCUT2D eigenvalue weighted by Crippen LogP contribution is -2.32. The van der Waals surface area contributed by atoms with Gasteiger partial charge in [-0.3, -0.25) is 0 Å². The molecule has 0 aromatic carbocycles. The summed E-state index contributed by atoms with van der Waals surface area (Å²) in [6.07, 6.45) is 2.28. The van der Waals surface area contributed by atoms with E-state index in [1.54, 1.807) is 20.8 Å². The molecule has 0 bridgehead atoms. The van der Waals surface area contributed by atoms with E-state index in [9.17, 15) is 4.79 Å². The molecule has 1 N–H and O–H groups in total. The van der Waals surface area contributed by atoms with Crippen LogP contribution < -0.4 is 5.32 Å². The molecular weight excluding hydrogens is 220 g/mol. The second-order valence-corrected chi connectivity index (χ2v) is 4.36. The van der Waals surface area contributed by atoms with Crippen LogP contribution in [0.3, 0.4) is 0 Å². The van der Waals surface area contributed by atoms with Gasteiger partial charge in [-0.25, -0.2) is 14.8 Å². The summed E-state index contributed by atoms with van der Waals surface area (Å²) in [4.78, 5) is 19.1. The maximum Gasteiger partial charge on any atom is 0.408 e. The molecule has 90 valence electrons. The Morgan fingerprint density at radius 2 is 2.06 bits per heavy atom. The molecule has 0 aliphatic carbocycles. The predicted molar refractivity (Wildman–Crippen MR) is 59.8 cm³/mol. The van der Waals surface area contributed by atoms with Crippen LogP contribution in [-0.2, 0) is 11.3 Å². The van der Waals surface area contributed by atoms with Gasteiger partial charge in [-0.2, -0.15) is 5.26 Å². The van der Waals surface area contributed by atoms with Crippen molar-refractivity contribution in [3.8, 4) is 6.07 Å². The zero-order chi connectivity index (χ0) is 12.9. The predicted octanol–water partition coefficient (Wildman–Crippen LogP) is 1.37. The number of carbonyl (C=O) groups excluding carboxylic acids is 1. The maximum absolute atomic E-state index is 11.3. The highest BCUT2D eigenvalue weighted by molar-refractivity contribution is 5.67. The van der Waals surface area contributed by atoms with Crippen molar-refractivity contribution in [3.63, 3.8) is 0 Å². The average Bonchev–Trinajstić information content (AvgIpc) is 2.25. The van der Waals surface area contributed by atoms with Crippen LogP contribution >= 0.6 is 0 Å². The Morgan fingerprint density at radius 1 is 1.47 bits per heavy atom. The first-order valence-corrected chi connectivity index (χ1v) is 5.08. The third-order valence-corrected chi connectivity index (χ3v) is 1.62. The molecule has 0 radical (unpaired) electrons. The van der Waals surface area contributed by atoms with Crippen LogP contribution in [0.5, 0.6) is 0 Å². The number of hydrogen-bond acceptors (Lipinski definition) is 5. The lowest BCUT2D eigenvalue weighted by Gasteiger charge is -2.19. The summed E-state index contributed by atoms with van der Waals surface area (Å²) >= 11 is 0. The van der Waals surface area contributed by atoms with Gasteiger partial charge in [-0.05, 0) is 20.8 Å². The zero-order valence-corrected chi connectivity index (χ0v) is 10.0. The van der Waals surface area contributed by atoms with E-state index in [1.165, 1.54) is 12.4 Å². The van der Waals surface area contributed by atoms with E-state index in [0.29, 0.717) is 11.4 Å². The molecule has 17 heavy (non-hydrogen) atoms. The number of nitrogens with one attached hydrogen (secondary N) is 1. The standard InChI is InChI=1S/C11H14N4O2/c1-11(2,3)17-10(16)15-7-9-13-5-8(4-12)6-14-9/h5-6H,7H2,1-3H3,(H,15,16). The van der Waals surface area contributed by atoms with Crippen molar-refractivity contribution >= 4 is 6.09 Å². The molecule has 0 saturated carbocycles. The minimum Gasteiger partial charge on any atom is -0.444 e. The summed E-state index contributed by atoms with van der Waals surface area (Å²) in [5.74, 6) is 0.426. The summed E-state index contributed by atoms with van der Waals surface area (Å²) in [5, 5.41) is 11.1. The Hall–Kier alpha value is -2.16. The van der Waals surface area contributed by atoms with Gasteiger partial charge in [0.2, 0.25) is 0 Å². The summed E-state index contributed by atoms with van der Waals surface area (Å²) < 4.78 is 5.05. The summed E-state index contributed by atoms with van der Waals surface area (Å²) in [6, 6.07) is 1.91. The first kappa shape index (κ1) is 12.9. The van der Waals surface area contributed by atoms with Crippen LogP contribution in [0.15, 0.2) is 12.4 Å². The number of hydrogen-bond donors (Lipinski definition) is 1. The van der Waals surface area contributed by atoms with Gasteiger partial charge in [-0.15, -0.1) is 0 Å². The average molecular weight is 234 g/mol. The Labute approximate surface area is 99.6 Å². The number of rotatable bonds is 2. The summed E-state index contributed by atoms with van der Waals surface area (Å²) in [5.41, 5.74) is -0.152. The van der Waals surface area contributed by atoms with Crippen molar-refractivity contribution in [2.45, 2.75) is 32.9 Å². The van der Waals surface area contributed by atoms with E-state index in [1.807, 2.05) is 6.07 Å². The number of carbonyl (C=O) groups is 1. The molecular formula is C11H14N4O2. The van der Waals surface area contributed by atoms with E-state index < -0.39 is 11.7 Å². The van der Waals surface area contributed by atoms with Crippen molar-refractivity contribution in [3.05, 3.63) is 23.8 Å². The van der Waals surface area contributed by atoms with Crippen LogP contribution in [0.4, 0.5) is 4.79 Å². The van der Waals surface area contributed by atoms with Crippen LogP contribution in [-0.4, -0.2) is 21.7 Å². The molecule has 1 rings (SSSR count). The third-order valence-electron chi connectivity index (χ3n) is 1.62. The van der Waals surface area contributed by atoms with E-state index in [-0.39, 0.29) is 6.54 Å². The van der Waals surface area contributed by atoms with Gasteiger partial charge < -0.3 is 10.1 Å². The highest BCUT2D eigenvalue weighted by atomic mass is 16.6. The van der Waals surface area contributed by atoms with E-state index in [4.69, 9.17) is 10.00 Å². The topological polar surface area (TPSA) is 87.9 Å². The van der Waals surface area contributed by atoms with E-state index in [2.05, 4.69) is 15.3 Å². The fourth-order valence-corrected chi connectivity index (χ4v) is 0.969. The molecule has 1 amide bonds. The van der Waals surface area contributed by atoms with Crippen molar-refractivity contribution in [2.75, 3.05) is 0 Å². The van der Waals surface area contributed by atoms with Gasteiger partial charge >= 0.3 is 6.09 Å².